The van der Waals surface area contributed by atoms with E-state index in [1.54, 1.807) is 12.1 Å². The molecule has 0 N–H and O–H groups in total. The number of benzene rings is 1. The number of halogens is 2. The van der Waals surface area contributed by atoms with E-state index < -0.39 is 0 Å². The number of anilines is 1. The Balaban J connectivity index is 1.82. The highest BCUT2D eigenvalue weighted by Gasteiger charge is 2.28. The summed E-state index contributed by atoms with van der Waals surface area (Å²) in [6.45, 7) is 4.20. The van der Waals surface area contributed by atoms with Crippen LogP contribution in [0.15, 0.2) is 18.2 Å². The van der Waals surface area contributed by atoms with Gasteiger partial charge in [-0.05, 0) is 44.0 Å². The second kappa shape index (κ2) is 5.68. The van der Waals surface area contributed by atoms with E-state index in [9.17, 15) is 4.39 Å². The molecule has 2 aliphatic rings. The molecule has 1 aromatic rings. The number of fused-ring (bicyclic) bond motifs is 1. The predicted molar refractivity (Wildman–Crippen MR) is 77.5 cm³/mol. The van der Waals surface area contributed by atoms with Crippen molar-refractivity contribution in [2.24, 2.45) is 0 Å². The summed E-state index contributed by atoms with van der Waals surface area (Å²) in [5, 5.41) is 0.612. The van der Waals surface area contributed by atoms with Crippen LogP contribution in [0.4, 0.5) is 10.1 Å². The summed E-state index contributed by atoms with van der Waals surface area (Å²) in [6.07, 6.45) is 4.94. The summed E-state index contributed by atoms with van der Waals surface area (Å²) >= 11 is 6.01. The second-order valence-corrected chi connectivity index (χ2v) is 6.02. The average Bonchev–Trinajstić information content (AvgIpc) is 2.63. The summed E-state index contributed by atoms with van der Waals surface area (Å²) in [5.41, 5.74) is 0.667. The van der Waals surface area contributed by atoms with E-state index in [0.29, 0.717) is 16.8 Å². The lowest BCUT2D eigenvalue weighted by Gasteiger charge is -2.36. The lowest BCUT2D eigenvalue weighted by atomic mass is 10.0. The largest absolute Gasteiger partial charge is 0.368 e. The van der Waals surface area contributed by atoms with Crippen LogP contribution in [0.1, 0.15) is 25.7 Å². The van der Waals surface area contributed by atoms with Crippen LogP contribution < -0.4 is 4.90 Å². The van der Waals surface area contributed by atoms with E-state index in [-0.39, 0.29) is 5.82 Å². The summed E-state index contributed by atoms with van der Waals surface area (Å²) in [7, 11) is 0. The molecule has 2 nitrogen and oxygen atoms in total. The van der Waals surface area contributed by atoms with Crippen LogP contribution in [0.25, 0.3) is 0 Å². The minimum Gasteiger partial charge on any atom is -0.368 e. The van der Waals surface area contributed by atoms with Gasteiger partial charge in [0.05, 0.1) is 5.69 Å². The summed E-state index contributed by atoms with van der Waals surface area (Å²) in [4.78, 5) is 4.75. The van der Waals surface area contributed by atoms with Gasteiger partial charge in [-0.3, -0.25) is 4.90 Å². The van der Waals surface area contributed by atoms with Crippen molar-refractivity contribution >= 4 is 17.3 Å². The molecule has 0 aliphatic carbocycles. The Bertz CT molecular complexity index is 452. The van der Waals surface area contributed by atoms with Gasteiger partial charge in [0.2, 0.25) is 0 Å². The molecule has 3 rings (SSSR count). The topological polar surface area (TPSA) is 6.48 Å². The lowest BCUT2D eigenvalue weighted by Crippen LogP contribution is -2.44. The van der Waals surface area contributed by atoms with Gasteiger partial charge in [-0.2, -0.15) is 0 Å². The van der Waals surface area contributed by atoms with Crippen molar-refractivity contribution in [1.29, 1.82) is 0 Å². The molecule has 2 saturated heterocycles. The molecule has 1 unspecified atom stereocenters. The first-order valence-electron chi connectivity index (χ1n) is 7.18. The molecule has 104 valence electrons. The first-order valence-corrected chi connectivity index (χ1v) is 7.56. The van der Waals surface area contributed by atoms with E-state index in [1.807, 2.05) is 0 Å². The molecule has 0 bridgehead atoms. The molecule has 19 heavy (non-hydrogen) atoms. The van der Waals surface area contributed by atoms with E-state index in [2.05, 4.69) is 9.80 Å². The van der Waals surface area contributed by atoms with Crippen LogP contribution in [0.2, 0.25) is 5.02 Å². The Hall–Kier alpha value is -0.800. The Morgan fingerprint density at radius 3 is 2.84 bits per heavy atom. The number of piperidine rings is 1. The Kier molecular flexibility index (Phi) is 3.94. The first-order chi connectivity index (χ1) is 9.24. The minimum absolute atomic E-state index is 0.159. The van der Waals surface area contributed by atoms with E-state index in [0.717, 1.165) is 26.1 Å². The van der Waals surface area contributed by atoms with Crippen molar-refractivity contribution in [2.75, 3.05) is 31.1 Å². The fourth-order valence-corrected chi connectivity index (χ4v) is 3.48. The van der Waals surface area contributed by atoms with Crippen molar-refractivity contribution in [2.45, 2.75) is 31.7 Å². The Morgan fingerprint density at radius 2 is 1.95 bits per heavy atom. The van der Waals surface area contributed by atoms with Crippen LogP contribution in [0.5, 0.6) is 0 Å². The van der Waals surface area contributed by atoms with Gasteiger partial charge in [0.1, 0.15) is 5.82 Å². The highest BCUT2D eigenvalue weighted by Crippen LogP contribution is 2.28. The zero-order valence-corrected chi connectivity index (χ0v) is 11.9. The third-order valence-electron chi connectivity index (χ3n) is 4.30. The number of rotatable bonds is 1. The van der Waals surface area contributed by atoms with Gasteiger partial charge in [0, 0.05) is 30.7 Å². The lowest BCUT2D eigenvalue weighted by molar-refractivity contribution is 0.162. The van der Waals surface area contributed by atoms with Crippen LogP contribution in [0.3, 0.4) is 0 Å². The summed E-state index contributed by atoms with van der Waals surface area (Å²) in [6, 6.07) is 5.43. The van der Waals surface area contributed by atoms with Gasteiger partial charge in [-0.15, -0.1) is 0 Å². The van der Waals surface area contributed by atoms with Gasteiger partial charge >= 0.3 is 0 Å². The quantitative estimate of drug-likeness (QED) is 0.777. The third-order valence-corrected chi connectivity index (χ3v) is 4.54. The molecule has 1 atom stereocenters. The van der Waals surface area contributed by atoms with Crippen molar-refractivity contribution in [1.82, 2.24) is 4.90 Å². The predicted octanol–water partition coefficient (Wildman–Crippen LogP) is 3.54. The molecule has 1 aromatic carbocycles. The minimum atomic E-state index is -0.159. The van der Waals surface area contributed by atoms with Crippen molar-refractivity contribution in [3.05, 3.63) is 29.0 Å². The monoisotopic (exact) mass is 282 g/mol. The maximum atomic E-state index is 14.0. The van der Waals surface area contributed by atoms with Gasteiger partial charge in [0.15, 0.2) is 0 Å². The molecule has 2 fully saturated rings. The molecular formula is C15H20ClFN2. The van der Waals surface area contributed by atoms with Crippen molar-refractivity contribution in [3.63, 3.8) is 0 Å². The van der Waals surface area contributed by atoms with Crippen LogP contribution in [-0.4, -0.2) is 37.1 Å². The molecule has 0 aromatic heterocycles. The second-order valence-electron chi connectivity index (χ2n) is 5.58. The highest BCUT2D eigenvalue weighted by atomic mass is 35.5. The van der Waals surface area contributed by atoms with Crippen LogP contribution >= 0.6 is 11.6 Å². The molecule has 0 radical (unpaired) electrons. The fraction of sp³-hybridized carbons (Fsp3) is 0.600. The van der Waals surface area contributed by atoms with Gasteiger partial charge in [-0.25, -0.2) is 4.39 Å². The smallest absolute Gasteiger partial charge is 0.146 e. The normalized spacial score (nSPS) is 24.9. The maximum absolute atomic E-state index is 14.0. The van der Waals surface area contributed by atoms with E-state index in [4.69, 9.17) is 11.6 Å². The fourth-order valence-electron chi connectivity index (χ4n) is 3.32. The molecule has 0 saturated carbocycles. The molecular weight excluding hydrogens is 263 g/mol. The SMILES string of the molecule is Fc1ccc(Cl)cc1N1CCCN2CCCCC2C1. The first kappa shape index (κ1) is 13.2. The van der Waals surface area contributed by atoms with Gasteiger partial charge in [0.25, 0.3) is 0 Å². The average molecular weight is 283 g/mol. The standard InChI is InChI=1S/C15H20ClFN2/c16-12-5-6-14(17)15(10-12)19-9-3-8-18-7-2-1-4-13(18)11-19/h5-6,10,13H,1-4,7-9,11H2. The highest BCUT2D eigenvalue weighted by molar-refractivity contribution is 6.30. The van der Waals surface area contributed by atoms with Gasteiger partial charge in [-0.1, -0.05) is 18.0 Å². The van der Waals surface area contributed by atoms with Crippen LogP contribution in [-0.2, 0) is 0 Å². The van der Waals surface area contributed by atoms with E-state index >= 15 is 0 Å². The summed E-state index contributed by atoms with van der Waals surface area (Å²) < 4.78 is 14.0. The zero-order chi connectivity index (χ0) is 13.2. The van der Waals surface area contributed by atoms with Crippen molar-refractivity contribution < 1.29 is 4.39 Å². The molecule has 0 spiro atoms. The summed E-state index contributed by atoms with van der Waals surface area (Å²) in [5.74, 6) is -0.159. The number of hydrogen-bond acceptors (Lipinski definition) is 2. The maximum Gasteiger partial charge on any atom is 0.146 e. The van der Waals surface area contributed by atoms with Crippen molar-refractivity contribution in [3.8, 4) is 0 Å². The number of hydrogen-bond donors (Lipinski definition) is 0. The van der Waals surface area contributed by atoms with Gasteiger partial charge < -0.3 is 4.90 Å². The molecule has 2 aliphatic heterocycles. The number of nitrogens with zero attached hydrogens (tertiary/aromatic N) is 2. The Labute approximate surface area is 119 Å². The molecule has 2 heterocycles. The zero-order valence-electron chi connectivity index (χ0n) is 11.1. The molecule has 0 amide bonds. The van der Waals surface area contributed by atoms with Crippen LogP contribution in [0, 0.1) is 5.82 Å². The Morgan fingerprint density at radius 1 is 1.11 bits per heavy atom. The van der Waals surface area contributed by atoms with E-state index in [1.165, 1.54) is 31.9 Å². The third kappa shape index (κ3) is 2.87. The molecule has 4 heteroatoms.